The SMILES string of the molecule is COc1ccc(-c2nn(C(C)C)c3c2C(CC(=O)O)CCC3)cc1. The van der Waals surface area contributed by atoms with Crippen molar-refractivity contribution in [3.05, 3.63) is 35.5 Å². The molecule has 0 bridgehead atoms. The highest BCUT2D eigenvalue weighted by atomic mass is 16.5. The van der Waals surface area contributed by atoms with E-state index in [1.165, 1.54) is 5.69 Å². The molecule has 24 heavy (non-hydrogen) atoms. The number of nitrogens with zero attached hydrogens (tertiary/aromatic N) is 2. The lowest BCUT2D eigenvalue weighted by Crippen LogP contribution is -2.16. The zero-order valence-electron chi connectivity index (χ0n) is 14.5. The fourth-order valence-corrected chi connectivity index (χ4v) is 3.62. The van der Waals surface area contributed by atoms with E-state index in [2.05, 4.69) is 18.5 Å². The van der Waals surface area contributed by atoms with Gasteiger partial charge >= 0.3 is 5.97 Å². The molecule has 3 rings (SSSR count). The van der Waals surface area contributed by atoms with Crippen LogP contribution < -0.4 is 4.74 Å². The second-order valence-electron chi connectivity index (χ2n) is 6.66. The molecule has 1 heterocycles. The topological polar surface area (TPSA) is 64.4 Å². The summed E-state index contributed by atoms with van der Waals surface area (Å²) in [4.78, 5) is 11.3. The number of fused-ring (bicyclic) bond motifs is 1. The molecule has 0 saturated carbocycles. The van der Waals surface area contributed by atoms with E-state index < -0.39 is 5.97 Å². The van der Waals surface area contributed by atoms with Crippen LogP contribution in [0.25, 0.3) is 11.3 Å². The van der Waals surface area contributed by atoms with E-state index in [-0.39, 0.29) is 18.4 Å². The average molecular weight is 328 g/mol. The van der Waals surface area contributed by atoms with Gasteiger partial charge in [-0.2, -0.15) is 5.10 Å². The predicted octanol–water partition coefficient (Wildman–Crippen LogP) is 4.03. The number of methoxy groups -OCH3 is 1. The Kier molecular flexibility index (Phi) is 4.60. The van der Waals surface area contributed by atoms with E-state index in [4.69, 9.17) is 9.84 Å². The van der Waals surface area contributed by atoms with E-state index in [1.807, 2.05) is 24.3 Å². The Hall–Kier alpha value is -2.30. The normalized spacial score (nSPS) is 16.9. The summed E-state index contributed by atoms with van der Waals surface area (Å²) in [7, 11) is 1.65. The lowest BCUT2D eigenvalue weighted by atomic mass is 9.82. The van der Waals surface area contributed by atoms with Crippen molar-refractivity contribution in [3.8, 4) is 17.0 Å². The molecule has 5 nitrogen and oxygen atoms in total. The van der Waals surface area contributed by atoms with Crippen molar-refractivity contribution in [1.29, 1.82) is 0 Å². The highest BCUT2D eigenvalue weighted by molar-refractivity contribution is 5.71. The van der Waals surface area contributed by atoms with Crippen LogP contribution in [0.5, 0.6) is 5.75 Å². The summed E-state index contributed by atoms with van der Waals surface area (Å²) < 4.78 is 7.30. The molecule has 0 saturated heterocycles. The highest BCUT2D eigenvalue weighted by Crippen LogP contribution is 2.41. The summed E-state index contributed by atoms with van der Waals surface area (Å²) in [6.45, 7) is 4.23. The Bertz CT molecular complexity index is 732. The van der Waals surface area contributed by atoms with Gasteiger partial charge in [-0.25, -0.2) is 0 Å². The number of ether oxygens (including phenoxy) is 1. The summed E-state index contributed by atoms with van der Waals surface area (Å²) in [5.74, 6) is 0.0969. The molecule has 128 valence electrons. The zero-order valence-corrected chi connectivity index (χ0v) is 14.5. The molecule has 1 atom stereocenters. The van der Waals surface area contributed by atoms with Crippen LogP contribution in [-0.4, -0.2) is 28.0 Å². The predicted molar refractivity (Wildman–Crippen MR) is 92.5 cm³/mol. The number of carboxylic acid groups (broad SMARTS) is 1. The lowest BCUT2D eigenvalue weighted by molar-refractivity contribution is -0.137. The van der Waals surface area contributed by atoms with Crippen molar-refractivity contribution in [3.63, 3.8) is 0 Å². The van der Waals surface area contributed by atoms with Gasteiger partial charge in [-0.05, 0) is 63.3 Å². The molecule has 1 aliphatic rings. The molecule has 1 aromatic heterocycles. The molecule has 0 aliphatic heterocycles. The van der Waals surface area contributed by atoms with Gasteiger partial charge in [-0.15, -0.1) is 0 Å². The van der Waals surface area contributed by atoms with Gasteiger partial charge in [0.05, 0.1) is 19.2 Å². The van der Waals surface area contributed by atoms with Gasteiger partial charge in [-0.1, -0.05) is 0 Å². The highest BCUT2D eigenvalue weighted by Gasteiger charge is 2.31. The number of hydrogen-bond acceptors (Lipinski definition) is 3. The van der Waals surface area contributed by atoms with Crippen LogP contribution in [0.4, 0.5) is 0 Å². The van der Waals surface area contributed by atoms with E-state index in [0.29, 0.717) is 0 Å². The summed E-state index contributed by atoms with van der Waals surface area (Å²) in [5, 5.41) is 14.2. The van der Waals surface area contributed by atoms with Crippen LogP contribution in [-0.2, 0) is 11.2 Å². The first-order chi connectivity index (χ1) is 11.5. The van der Waals surface area contributed by atoms with Gasteiger partial charge in [0.1, 0.15) is 5.75 Å². The first-order valence-electron chi connectivity index (χ1n) is 8.48. The minimum Gasteiger partial charge on any atom is -0.497 e. The number of hydrogen-bond donors (Lipinski definition) is 1. The Morgan fingerprint density at radius 2 is 2.08 bits per heavy atom. The van der Waals surface area contributed by atoms with Gasteiger partial charge in [0.25, 0.3) is 0 Å². The van der Waals surface area contributed by atoms with Crippen molar-refractivity contribution >= 4 is 5.97 Å². The molecule has 0 fully saturated rings. The number of carbonyl (C=O) groups is 1. The molecule has 1 aliphatic carbocycles. The van der Waals surface area contributed by atoms with Crippen LogP contribution >= 0.6 is 0 Å². The molecule has 2 aromatic rings. The van der Waals surface area contributed by atoms with Crippen LogP contribution in [0.1, 0.15) is 56.3 Å². The summed E-state index contributed by atoms with van der Waals surface area (Å²) >= 11 is 0. The van der Waals surface area contributed by atoms with E-state index >= 15 is 0 Å². The largest absolute Gasteiger partial charge is 0.497 e. The maximum atomic E-state index is 11.3. The second kappa shape index (κ2) is 6.67. The molecular weight excluding hydrogens is 304 g/mol. The van der Waals surface area contributed by atoms with Crippen molar-refractivity contribution < 1.29 is 14.6 Å². The standard InChI is InChI=1S/C19H24N2O3/c1-12(2)21-16-6-4-5-14(11-17(22)23)18(16)19(20-21)13-7-9-15(24-3)10-8-13/h7-10,12,14H,4-6,11H2,1-3H3,(H,22,23). The number of carboxylic acids is 1. The molecule has 0 radical (unpaired) electrons. The minimum absolute atomic E-state index is 0.0378. The molecular formula is C19H24N2O3. The van der Waals surface area contributed by atoms with Gasteiger partial charge in [-0.3, -0.25) is 9.48 Å². The Morgan fingerprint density at radius 1 is 1.38 bits per heavy atom. The van der Waals surface area contributed by atoms with Gasteiger partial charge in [0, 0.05) is 22.9 Å². The molecule has 1 aromatic carbocycles. The maximum absolute atomic E-state index is 11.3. The third-order valence-electron chi connectivity index (χ3n) is 4.70. The Balaban J connectivity index is 2.12. The average Bonchev–Trinajstić information content (AvgIpc) is 2.95. The van der Waals surface area contributed by atoms with Crippen LogP contribution in [0.2, 0.25) is 0 Å². The summed E-state index contributed by atoms with van der Waals surface area (Å²) in [5.41, 5.74) is 4.27. The molecule has 0 spiro atoms. The Morgan fingerprint density at radius 3 is 2.67 bits per heavy atom. The van der Waals surface area contributed by atoms with E-state index in [0.717, 1.165) is 41.8 Å². The van der Waals surface area contributed by atoms with Crippen molar-refractivity contribution in [2.45, 2.75) is 51.5 Å². The number of rotatable bonds is 5. The summed E-state index contributed by atoms with van der Waals surface area (Å²) in [6.07, 6.45) is 3.06. The van der Waals surface area contributed by atoms with Crippen LogP contribution in [0, 0.1) is 0 Å². The van der Waals surface area contributed by atoms with Crippen LogP contribution in [0.3, 0.4) is 0 Å². The monoisotopic (exact) mass is 328 g/mol. The van der Waals surface area contributed by atoms with Crippen molar-refractivity contribution in [2.24, 2.45) is 0 Å². The number of benzene rings is 1. The lowest BCUT2D eigenvalue weighted by Gasteiger charge is -2.23. The minimum atomic E-state index is -0.745. The van der Waals surface area contributed by atoms with E-state index in [1.54, 1.807) is 7.11 Å². The quantitative estimate of drug-likeness (QED) is 0.900. The Labute approximate surface area is 142 Å². The molecule has 5 heteroatoms. The third-order valence-corrected chi connectivity index (χ3v) is 4.70. The summed E-state index contributed by atoms with van der Waals surface area (Å²) in [6, 6.07) is 8.10. The molecule has 0 amide bonds. The van der Waals surface area contributed by atoms with Gasteiger partial charge in [0.2, 0.25) is 0 Å². The maximum Gasteiger partial charge on any atom is 0.303 e. The van der Waals surface area contributed by atoms with Crippen LogP contribution in [0.15, 0.2) is 24.3 Å². The van der Waals surface area contributed by atoms with Gasteiger partial charge < -0.3 is 9.84 Å². The fourth-order valence-electron chi connectivity index (χ4n) is 3.62. The molecule has 1 unspecified atom stereocenters. The first-order valence-corrected chi connectivity index (χ1v) is 8.48. The smallest absolute Gasteiger partial charge is 0.303 e. The first kappa shape index (κ1) is 16.6. The van der Waals surface area contributed by atoms with Crippen molar-refractivity contribution in [1.82, 2.24) is 9.78 Å². The fraction of sp³-hybridized carbons (Fsp3) is 0.474. The second-order valence-corrected chi connectivity index (χ2v) is 6.66. The van der Waals surface area contributed by atoms with Gasteiger partial charge in [0.15, 0.2) is 0 Å². The van der Waals surface area contributed by atoms with Crippen molar-refractivity contribution in [2.75, 3.05) is 7.11 Å². The number of aromatic nitrogens is 2. The third kappa shape index (κ3) is 3.03. The number of aliphatic carboxylic acids is 1. The molecule has 1 N–H and O–H groups in total. The van der Waals surface area contributed by atoms with E-state index in [9.17, 15) is 9.90 Å². The zero-order chi connectivity index (χ0) is 17.3.